The molecule has 7 heteroatoms. The van der Waals surface area contributed by atoms with Gasteiger partial charge in [-0.2, -0.15) is 13.2 Å². The number of benzene rings is 2. The number of thioether (sulfide) groups is 1. The molecule has 0 saturated carbocycles. The van der Waals surface area contributed by atoms with E-state index in [2.05, 4.69) is 6.07 Å². The minimum absolute atomic E-state index is 0.195. The largest absolute Gasteiger partial charge is 0.417 e. The number of hydrogen-bond donors (Lipinski definition) is 3. The quantitative estimate of drug-likeness (QED) is 0.390. The highest BCUT2D eigenvalue weighted by Gasteiger charge is 2.34. The third-order valence-corrected chi connectivity index (χ3v) is 6.00. The summed E-state index contributed by atoms with van der Waals surface area (Å²) in [6.45, 7) is 1.17. The van der Waals surface area contributed by atoms with Crippen LogP contribution in [0.4, 0.5) is 13.2 Å². The zero-order valence-corrected chi connectivity index (χ0v) is 17.3. The summed E-state index contributed by atoms with van der Waals surface area (Å²) in [5.41, 5.74) is 6.82. The summed E-state index contributed by atoms with van der Waals surface area (Å²) in [6, 6.07) is 12.4. The zero-order valence-electron chi connectivity index (χ0n) is 16.5. The van der Waals surface area contributed by atoms with E-state index in [4.69, 9.17) is 5.73 Å². The van der Waals surface area contributed by atoms with Crippen LogP contribution in [0.15, 0.2) is 47.4 Å². The lowest BCUT2D eigenvalue weighted by atomic mass is 9.93. The fourth-order valence-corrected chi connectivity index (χ4v) is 4.01. The van der Waals surface area contributed by atoms with E-state index in [1.54, 1.807) is 6.07 Å². The molecule has 0 saturated heterocycles. The molecular formula is C22H28F3NO2S. The van der Waals surface area contributed by atoms with Crippen molar-refractivity contribution >= 4 is 11.8 Å². The summed E-state index contributed by atoms with van der Waals surface area (Å²) >= 11 is 1.21. The third kappa shape index (κ3) is 7.33. The SMILES string of the molecule is Cc1cccc(CCCSc2ccc(CCC(N)(CO)CO)cc2C(F)(F)F)c1. The molecule has 0 bridgehead atoms. The number of aliphatic hydroxyl groups is 2. The van der Waals surface area contributed by atoms with Crippen LogP contribution in [0, 0.1) is 6.92 Å². The second-order valence-corrected chi connectivity index (χ2v) is 8.58. The average Bonchev–Trinajstić information content (AvgIpc) is 2.69. The van der Waals surface area contributed by atoms with Crippen molar-refractivity contribution in [1.29, 1.82) is 0 Å². The van der Waals surface area contributed by atoms with E-state index in [-0.39, 0.29) is 17.7 Å². The van der Waals surface area contributed by atoms with Crippen LogP contribution in [0.1, 0.15) is 35.1 Å². The molecule has 160 valence electrons. The number of alkyl halides is 3. The van der Waals surface area contributed by atoms with Gasteiger partial charge in [0.25, 0.3) is 0 Å². The standard InChI is InChI=1S/C22H28F3NO2S/c1-16-4-2-5-17(12-16)6-3-11-29-20-8-7-18(13-19(20)22(23,24)25)9-10-21(26,14-27)15-28/h2,4-5,7-8,12-13,27-28H,3,6,9-11,14-15,26H2,1H3. The first-order valence-electron chi connectivity index (χ1n) is 9.56. The molecule has 2 aromatic rings. The Morgan fingerprint density at radius 3 is 2.28 bits per heavy atom. The lowest BCUT2D eigenvalue weighted by Crippen LogP contribution is -2.47. The first kappa shape index (κ1) is 23.7. The molecule has 0 aliphatic heterocycles. The molecule has 2 rings (SSSR count). The van der Waals surface area contributed by atoms with Gasteiger partial charge < -0.3 is 15.9 Å². The highest BCUT2D eigenvalue weighted by molar-refractivity contribution is 7.99. The highest BCUT2D eigenvalue weighted by atomic mass is 32.2. The van der Waals surface area contributed by atoms with Crippen LogP contribution >= 0.6 is 11.8 Å². The molecule has 0 heterocycles. The number of aliphatic hydroxyl groups excluding tert-OH is 2. The van der Waals surface area contributed by atoms with E-state index in [1.807, 2.05) is 25.1 Å². The van der Waals surface area contributed by atoms with Gasteiger partial charge in [0.2, 0.25) is 0 Å². The Hall–Kier alpha value is -1.54. The normalized spacial score (nSPS) is 12.4. The fraction of sp³-hybridized carbons (Fsp3) is 0.455. The average molecular weight is 428 g/mol. The summed E-state index contributed by atoms with van der Waals surface area (Å²) < 4.78 is 40.6. The lowest BCUT2D eigenvalue weighted by Gasteiger charge is -2.24. The van der Waals surface area contributed by atoms with Crippen molar-refractivity contribution in [1.82, 2.24) is 0 Å². The molecule has 0 amide bonds. The minimum Gasteiger partial charge on any atom is -0.394 e. The number of rotatable bonds is 10. The summed E-state index contributed by atoms with van der Waals surface area (Å²) in [5.74, 6) is 0.595. The Labute approximate surface area is 174 Å². The molecule has 0 aromatic heterocycles. The van der Waals surface area contributed by atoms with Gasteiger partial charge in [-0.25, -0.2) is 0 Å². The topological polar surface area (TPSA) is 66.5 Å². The van der Waals surface area contributed by atoms with Crippen molar-refractivity contribution in [2.75, 3.05) is 19.0 Å². The maximum Gasteiger partial charge on any atom is 0.417 e. The highest BCUT2D eigenvalue weighted by Crippen LogP contribution is 2.38. The van der Waals surface area contributed by atoms with Gasteiger partial charge >= 0.3 is 6.18 Å². The Balaban J connectivity index is 2.01. The smallest absolute Gasteiger partial charge is 0.394 e. The van der Waals surface area contributed by atoms with Crippen LogP contribution in [0.25, 0.3) is 0 Å². The van der Waals surface area contributed by atoms with E-state index in [0.29, 0.717) is 11.3 Å². The van der Waals surface area contributed by atoms with Gasteiger partial charge in [0.1, 0.15) is 0 Å². The molecule has 29 heavy (non-hydrogen) atoms. The van der Waals surface area contributed by atoms with Gasteiger partial charge in [-0.1, -0.05) is 35.9 Å². The van der Waals surface area contributed by atoms with Crippen molar-refractivity contribution in [3.8, 4) is 0 Å². The second kappa shape index (κ2) is 10.5. The van der Waals surface area contributed by atoms with Gasteiger partial charge in [-0.3, -0.25) is 0 Å². The molecule has 0 radical (unpaired) electrons. The summed E-state index contributed by atoms with van der Waals surface area (Å²) in [5, 5.41) is 18.5. The van der Waals surface area contributed by atoms with E-state index in [9.17, 15) is 23.4 Å². The molecule has 0 aliphatic carbocycles. The molecule has 0 unspecified atom stereocenters. The van der Waals surface area contributed by atoms with E-state index < -0.39 is 30.5 Å². The summed E-state index contributed by atoms with van der Waals surface area (Å²) in [4.78, 5) is 0.217. The van der Waals surface area contributed by atoms with Crippen LogP contribution in [0.5, 0.6) is 0 Å². The Morgan fingerprint density at radius 2 is 1.66 bits per heavy atom. The fourth-order valence-electron chi connectivity index (χ4n) is 3.01. The number of hydrogen-bond acceptors (Lipinski definition) is 4. The number of halogens is 3. The molecule has 0 fully saturated rings. The molecule has 0 aliphatic rings. The van der Waals surface area contributed by atoms with Crippen molar-refractivity contribution in [2.45, 2.75) is 49.2 Å². The van der Waals surface area contributed by atoms with Crippen LogP contribution in [0.3, 0.4) is 0 Å². The molecule has 4 N–H and O–H groups in total. The predicted octanol–water partition coefficient (Wildman–Crippen LogP) is 4.35. The molecule has 3 nitrogen and oxygen atoms in total. The maximum absolute atomic E-state index is 13.5. The number of aryl methyl sites for hydroxylation is 3. The van der Waals surface area contributed by atoms with E-state index in [1.165, 1.54) is 29.0 Å². The third-order valence-electron chi connectivity index (χ3n) is 4.84. The Bertz CT molecular complexity index is 792. The van der Waals surface area contributed by atoms with Crippen molar-refractivity contribution in [3.05, 3.63) is 64.7 Å². The lowest BCUT2D eigenvalue weighted by molar-refractivity contribution is -0.139. The summed E-state index contributed by atoms with van der Waals surface area (Å²) in [6.07, 6.45) is -2.38. The van der Waals surface area contributed by atoms with Crippen molar-refractivity contribution in [2.24, 2.45) is 5.73 Å². The van der Waals surface area contributed by atoms with Crippen LogP contribution in [-0.2, 0) is 19.0 Å². The van der Waals surface area contributed by atoms with Gasteiger partial charge in [0.15, 0.2) is 0 Å². The monoisotopic (exact) mass is 427 g/mol. The van der Waals surface area contributed by atoms with Gasteiger partial charge in [-0.05, 0) is 61.6 Å². The molecule has 0 spiro atoms. The Morgan fingerprint density at radius 1 is 0.966 bits per heavy atom. The molecule has 0 atom stereocenters. The van der Waals surface area contributed by atoms with Gasteiger partial charge in [0, 0.05) is 4.90 Å². The number of nitrogens with two attached hydrogens (primary N) is 1. The Kier molecular flexibility index (Phi) is 8.58. The predicted molar refractivity (Wildman–Crippen MR) is 111 cm³/mol. The van der Waals surface area contributed by atoms with Crippen LogP contribution in [0.2, 0.25) is 0 Å². The van der Waals surface area contributed by atoms with Gasteiger partial charge in [0.05, 0.1) is 24.3 Å². The maximum atomic E-state index is 13.5. The van der Waals surface area contributed by atoms with Crippen molar-refractivity contribution < 1.29 is 23.4 Å². The van der Waals surface area contributed by atoms with E-state index >= 15 is 0 Å². The van der Waals surface area contributed by atoms with E-state index in [0.717, 1.165) is 18.9 Å². The van der Waals surface area contributed by atoms with Crippen molar-refractivity contribution in [3.63, 3.8) is 0 Å². The first-order chi connectivity index (χ1) is 13.7. The zero-order chi connectivity index (χ0) is 21.5. The molecule has 2 aromatic carbocycles. The van der Waals surface area contributed by atoms with Gasteiger partial charge in [-0.15, -0.1) is 11.8 Å². The van der Waals surface area contributed by atoms with Crippen LogP contribution in [-0.4, -0.2) is 34.7 Å². The minimum atomic E-state index is -4.44. The molecular weight excluding hydrogens is 399 g/mol. The van der Waals surface area contributed by atoms with Crippen LogP contribution < -0.4 is 5.73 Å². The second-order valence-electron chi connectivity index (χ2n) is 7.45. The summed E-state index contributed by atoms with van der Waals surface area (Å²) in [7, 11) is 0. The first-order valence-corrected chi connectivity index (χ1v) is 10.5.